The zero-order valence-electron chi connectivity index (χ0n) is 13.8. The fraction of sp³-hybridized carbons (Fsp3) is 0.353. The van der Waals surface area contributed by atoms with Gasteiger partial charge >= 0.3 is 0 Å². The molecule has 0 N–H and O–H groups in total. The van der Waals surface area contributed by atoms with Crippen molar-refractivity contribution in [2.24, 2.45) is 0 Å². The second kappa shape index (κ2) is 7.89. The van der Waals surface area contributed by atoms with Crippen LogP contribution in [0.3, 0.4) is 0 Å². The minimum Gasteiger partial charge on any atom is -0.478 e. The minimum absolute atomic E-state index is 0.125. The predicted octanol–water partition coefficient (Wildman–Crippen LogP) is 3.14. The van der Waals surface area contributed by atoms with Crippen LogP contribution in [0.25, 0.3) is 0 Å². The number of carbonyl (C=O) groups is 1. The van der Waals surface area contributed by atoms with E-state index in [1.807, 2.05) is 19.1 Å². The van der Waals surface area contributed by atoms with Gasteiger partial charge in [-0.1, -0.05) is 29.3 Å². The lowest BCUT2D eigenvalue weighted by Gasteiger charge is -2.36. The van der Waals surface area contributed by atoms with Crippen LogP contribution in [0.1, 0.15) is 17.4 Å². The number of nitrogens with zero attached hydrogens (tertiary/aromatic N) is 4. The Hall–Kier alpha value is -2.05. The molecule has 0 atom stereocenters. The summed E-state index contributed by atoms with van der Waals surface area (Å²) in [7, 11) is 0. The molecule has 1 aromatic heterocycles. The van der Waals surface area contributed by atoms with Crippen LogP contribution in [0.2, 0.25) is 10.0 Å². The third-order valence-electron chi connectivity index (χ3n) is 3.99. The molecule has 6 nitrogen and oxygen atoms in total. The molecule has 1 saturated heterocycles. The molecule has 1 amide bonds. The molecule has 25 heavy (non-hydrogen) atoms. The molecule has 0 saturated carbocycles. The number of anilines is 1. The summed E-state index contributed by atoms with van der Waals surface area (Å²) in [5.74, 6) is 0.283. The Kier molecular flexibility index (Phi) is 5.60. The Morgan fingerprint density at radius 3 is 2.68 bits per heavy atom. The van der Waals surface area contributed by atoms with E-state index in [0.29, 0.717) is 54.4 Å². The number of amides is 1. The van der Waals surface area contributed by atoms with Gasteiger partial charge < -0.3 is 14.5 Å². The van der Waals surface area contributed by atoms with Crippen LogP contribution >= 0.6 is 23.2 Å². The second-order valence-corrected chi connectivity index (χ2v) is 6.31. The van der Waals surface area contributed by atoms with Crippen LogP contribution in [0, 0.1) is 0 Å². The molecule has 132 valence electrons. The van der Waals surface area contributed by atoms with Gasteiger partial charge in [0.05, 0.1) is 22.3 Å². The number of hydrogen-bond acceptors (Lipinski definition) is 5. The molecule has 1 fully saturated rings. The third kappa shape index (κ3) is 3.96. The van der Waals surface area contributed by atoms with E-state index < -0.39 is 0 Å². The van der Waals surface area contributed by atoms with Crippen molar-refractivity contribution < 1.29 is 9.53 Å². The maximum atomic E-state index is 12.6. The van der Waals surface area contributed by atoms with Gasteiger partial charge in [0.25, 0.3) is 5.91 Å². The van der Waals surface area contributed by atoms with E-state index in [1.54, 1.807) is 17.0 Å². The predicted molar refractivity (Wildman–Crippen MR) is 97.8 cm³/mol. The number of piperazine rings is 1. The summed E-state index contributed by atoms with van der Waals surface area (Å²) >= 11 is 12.4. The van der Waals surface area contributed by atoms with Crippen molar-refractivity contribution in [1.82, 2.24) is 14.9 Å². The fourth-order valence-electron chi connectivity index (χ4n) is 2.73. The van der Waals surface area contributed by atoms with Crippen molar-refractivity contribution in [1.29, 1.82) is 0 Å². The summed E-state index contributed by atoms with van der Waals surface area (Å²) in [5, 5.41) is 1.07. The zero-order chi connectivity index (χ0) is 17.8. The lowest BCUT2D eigenvalue weighted by molar-refractivity contribution is 0.0740. The molecule has 0 radical (unpaired) electrons. The highest BCUT2D eigenvalue weighted by atomic mass is 35.5. The maximum absolute atomic E-state index is 12.6. The lowest BCUT2D eigenvalue weighted by Crippen LogP contribution is -2.49. The molecule has 0 spiro atoms. The van der Waals surface area contributed by atoms with Gasteiger partial charge in [-0.25, -0.2) is 9.97 Å². The normalized spacial score (nSPS) is 14.5. The summed E-state index contributed by atoms with van der Waals surface area (Å²) in [6.07, 6.45) is 1.35. The smallest absolute Gasteiger partial charge is 0.272 e. The van der Waals surface area contributed by atoms with Crippen LogP contribution < -0.4 is 9.64 Å². The monoisotopic (exact) mass is 380 g/mol. The lowest BCUT2D eigenvalue weighted by atomic mass is 10.2. The summed E-state index contributed by atoms with van der Waals surface area (Å²) in [6.45, 7) is 4.86. The van der Waals surface area contributed by atoms with Gasteiger partial charge in [0.2, 0.25) is 5.88 Å². The Balaban J connectivity index is 1.66. The number of ether oxygens (including phenoxy) is 1. The van der Waals surface area contributed by atoms with E-state index in [2.05, 4.69) is 14.9 Å². The van der Waals surface area contributed by atoms with E-state index in [4.69, 9.17) is 27.9 Å². The van der Waals surface area contributed by atoms with Crippen LogP contribution in [-0.4, -0.2) is 53.6 Å². The van der Waals surface area contributed by atoms with Crippen molar-refractivity contribution in [3.05, 3.63) is 46.3 Å². The number of aromatic nitrogens is 2. The van der Waals surface area contributed by atoms with E-state index in [0.717, 1.165) is 5.69 Å². The molecule has 8 heteroatoms. The summed E-state index contributed by atoms with van der Waals surface area (Å²) in [6, 6.07) is 7.14. The van der Waals surface area contributed by atoms with E-state index in [1.165, 1.54) is 6.33 Å². The molecule has 1 aromatic carbocycles. The van der Waals surface area contributed by atoms with Crippen molar-refractivity contribution in [3.63, 3.8) is 0 Å². The van der Waals surface area contributed by atoms with Crippen molar-refractivity contribution in [2.75, 3.05) is 37.7 Å². The first kappa shape index (κ1) is 17.8. The van der Waals surface area contributed by atoms with Crippen LogP contribution in [0.4, 0.5) is 5.69 Å². The van der Waals surface area contributed by atoms with Crippen molar-refractivity contribution >= 4 is 34.8 Å². The Bertz CT molecular complexity index is 764. The highest BCUT2D eigenvalue weighted by molar-refractivity contribution is 6.43. The second-order valence-electron chi connectivity index (χ2n) is 5.53. The molecule has 1 aliphatic rings. The summed E-state index contributed by atoms with van der Waals surface area (Å²) < 4.78 is 5.33. The number of carbonyl (C=O) groups excluding carboxylic acids is 1. The van der Waals surface area contributed by atoms with E-state index in [-0.39, 0.29) is 5.91 Å². The highest BCUT2D eigenvalue weighted by Gasteiger charge is 2.24. The maximum Gasteiger partial charge on any atom is 0.272 e. The highest BCUT2D eigenvalue weighted by Crippen LogP contribution is 2.32. The first-order valence-corrected chi connectivity index (χ1v) is 8.79. The molecular formula is C17H18Cl2N4O2. The molecule has 0 aliphatic carbocycles. The average Bonchev–Trinajstić information content (AvgIpc) is 2.64. The minimum atomic E-state index is -0.125. The third-order valence-corrected chi connectivity index (χ3v) is 4.80. The number of benzene rings is 1. The first-order chi connectivity index (χ1) is 12.1. The molecule has 2 heterocycles. The summed E-state index contributed by atoms with van der Waals surface area (Å²) in [5.41, 5.74) is 1.23. The topological polar surface area (TPSA) is 58.6 Å². The van der Waals surface area contributed by atoms with Gasteiger partial charge in [0.15, 0.2) is 0 Å². The van der Waals surface area contributed by atoms with Gasteiger partial charge in [-0.2, -0.15) is 0 Å². The van der Waals surface area contributed by atoms with E-state index in [9.17, 15) is 4.79 Å². The van der Waals surface area contributed by atoms with E-state index >= 15 is 0 Å². The number of halogens is 2. The van der Waals surface area contributed by atoms with Crippen LogP contribution in [0.15, 0.2) is 30.6 Å². The Morgan fingerprint density at radius 1 is 1.20 bits per heavy atom. The van der Waals surface area contributed by atoms with Gasteiger partial charge in [-0.15, -0.1) is 0 Å². The van der Waals surface area contributed by atoms with Crippen LogP contribution in [0.5, 0.6) is 5.88 Å². The molecule has 2 aromatic rings. The molecular weight excluding hydrogens is 363 g/mol. The van der Waals surface area contributed by atoms with Crippen LogP contribution in [-0.2, 0) is 0 Å². The van der Waals surface area contributed by atoms with Gasteiger partial charge in [0.1, 0.15) is 12.0 Å². The standard InChI is InChI=1S/C17H18Cl2N4O2/c1-2-25-15-10-13(20-11-21-15)17(24)23-8-6-22(7-9-23)14-5-3-4-12(18)16(14)19/h3-5,10-11H,2,6-9H2,1H3. The van der Waals surface area contributed by atoms with Gasteiger partial charge in [-0.05, 0) is 19.1 Å². The zero-order valence-corrected chi connectivity index (χ0v) is 15.3. The Labute approximate surface area is 156 Å². The van der Waals surface area contributed by atoms with Crippen molar-refractivity contribution in [3.8, 4) is 5.88 Å². The summed E-state index contributed by atoms with van der Waals surface area (Å²) in [4.78, 5) is 24.6. The van der Waals surface area contributed by atoms with Gasteiger partial charge in [0, 0.05) is 32.2 Å². The largest absolute Gasteiger partial charge is 0.478 e. The molecule has 0 bridgehead atoms. The quantitative estimate of drug-likeness (QED) is 0.815. The molecule has 1 aliphatic heterocycles. The average molecular weight is 381 g/mol. The fourth-order valence-corrected chi connectivity index (χ4v) is 3.15. The number of rotatable bonds is 4. The molecule has 3 rings (SSSR count). The SMILES string of the molecule is CCOc1cc(C(=O)N2CCN(c3cccc(Cl)c3Cl)CC2)ncn1. The van der Waals surface area contributed by atoms with Gasteiger partial charge in [-0.3, -0.25) is 4.79 Å². The molecule has 0 unspecified atom stereocenters. The van der Waals surface area contributed by atoms with Crippen molar-refractivity contribution in [2.45, 2.75) is 6.92 Å². The Morgan fingerprint density at radius 2 is 1.96 bits per heavy atom. The number of hydrogen-bond donors (Lipinski definition) is 0. The first-order valence-electron chi connectivity index (χ1n) is 8.03.